The fourth-order valence-corrected chi connectivity index (χ4v) is 0.859. The number of hydrogen-bond donors (Lipinski definition) is 0. The second-order valence-corrected chi connectivity index (χ2v) is 2.19. The van der Waals surface area contributed by atoms with Crippen molar-refractivity contribution >= 4 is 0 Å². The normalized spacial score (nSPS) is 8.00. The highest BCUT2D eigenvalue weighted by Crippen LogP contribution is 2.10. The first-order valence-electron chi connectivity index (χ1n) is 6.97. The summed E-state index contributed by atoms with van der Waals surface area (Å²) in [6, 6.07) is 0. The minimum Gasteiger partial charge on any atom is -0.106 e. The van der Waals surface area contributed by atoms with Crippen LogP contribution in [0.15, 0.2) is 25.8 Å². The summed E-state index contributed by atoms with van der Waals surface area (Å²) in [6.07, 6.45) is 5.89. The molecule has 0 N–H and O–H groups in total. The van der Waals surface area contributed by atoms with Crippen molar-refractivity contribution in [3.63, 3.8) is 0 Å². The van der Waals surface area contributed by atoms with Crippen LogP contribution in [-0.2, 0) is 0 Å². The molecule has 0 heteroatoms. The van der Waals surface area contributed by atoms with Crippen molar-refractivity contribution in [3.05, 3.63) is 25.8 Å². The molecule has 0 spiro atoms. The lowest BCUT2D eigenvalue weighted by atomic mass is 10.0. The van der Waals surface area contributed by atoms with E-state index in [2.05, 4.69) is 39.7 Å². The Kier molecular flexibility index (Phi) is 116. The van der Waals surface area contributed by atoms with Crippen molar-refractivity contribution < 1.29 is 0 Å². The zero-order valence-corrected chi connectivity index (χ0v) is 13.4. The molecule has 16 heavy (non-hydrogen) atoms. The quantitative estimate of drug-likeness (QED) is 0.462. The Morgan fingerprint density at radius 1 is 0.875 bits per heavy atom. The van der Waals surface area contributed by atoms with Gasteiger partial charge in [-0.25, -0.2) is 0 Å². The van der Waals surface area contributed by atoms with Gasteiger partial charge < -0.3 is 0 Å². The van der Waals surface area contributed by atoms with Gasteiger partial charge in [-0.15, -0.1) is 19.7 Å². The molecular weight excluding hydrogens is 192 g/mol. The molecule has 0 heterocycles. The molecular formula is C16H38. The number of hydrogen-bond acceptors (Lipinski definition) is 0. The summed E-state index contributed by atoms with van der Waals surface area (Å²) in [7, 11) is 0. The maximum atomic E-state index is 3.75. The zero-order chi connectivity index (χ0) is 14.4. The van der Waals surface area contributed by atoms with Gasteiger partial charge in [0.1, 0.15) is 0 Å². The number of rotatable bonds is 4. The summed E-state index contributed by atoms with van der Waals surface area (Å²) in [4.78, 5) is 0. The summed E-state index contributed by atoms with van der Waals surface area (Å²) >= 11 is 0. The maximum absolute atomic E-state index is 3.75. The second-order valence-electron chi connectivity index (χ2n) is 2.19. The summed E-state index contributed by atoms with van der Waals surface area (Å²) in [6.45, 7) is 26.2. The Balaban J connectivity index is -0.0000000426. The zero-order valence-electron chi connectivity index (χ0n) is 13.4. The first kappa shape index (κ1) is 29.6. The lowest BCUT2D eigenvalue weighted by molar-refractivity contribution is 0.564. The van der Waals surface area contributed by atoms with Gasteiger partial charge in [-0.05, 0) is 18.8 Å². The fraction of sp³-hybridized carbons (Fsp3) is 0.750. The summed E-state index contributed by atoms with van der Waals surface area (Å²) < 4.78 is 0. The minimum atomic E-state index is 0.764. The predicted octanol–water partition coefficient (Wildman–Crippen LogP) is 6.88. The van der Waals surface area contributed by atoms with Gasteiger partial charge in [0.15, 0.2) is 0 Å². The van der Waals surface area contributed by atoms with E-state index in [0.717, 1.165) is 5.92 Å². The van der Waals surface area contributed by atoms with Crippen LogP contribution >= 0.6 is 0 Å². The topological polar surface area (TPSA) is 0 Å². The summed E-state index contributed by atoms with van der Waals surface area (Å²) in [5.41, 5.74) is 0. The molecule has 102 valence electrons. The van der Waals surface area contributed by atoms with E-state index >= 15 is 0 Å². The molecule has 0 aliphatic heterocycles. The Labute approximate surface area is 107 Å². The van der Waals surface area contributed by atoms with Crippen LogP contribution in [0.25, 0.3) is 0 Å². The van der Waals surface area contributed by atoms with Gasteiger partial charge in [0.25, 0.3) is 0 Å². The highest BCUT2D eigenvalue weighted by molar-refractivity contribution is 4.76. The van der Waals surface area contributed by atoms with Gasteiger partial charge in [-0.1, -0.05) is 67.9 Å². The van der Waals surface area contributed by atoms with Crippen LogP contribution in [0.1, 0.15) is 74.7 Å². The van der Waals surface area contributed by atoms with Gasteiger partial charge in [-0.2, -0.15) is 0 Å². The summed E-state index contributed by atoms with van der Waals surface area (Å²) in [5, 5.41) is 0. The lowest BCUT2D eigenvalue weighted by Gasteiger charge is -2.04. The molecule has 1 atom stereocenters. The van der Waals surface area contributed by atoms with E-state index < -0.39 is 0 Å². The molecule has 0 aromatic carbocycles. The molecule has 1 unspecified atom stereocenters. The van der Waals surface area contributed by atoms with Gasteiger partial charge >= 0.3 is 0 Å². The third-order valence-corrected chi connectivity index (χ3v) is 1.52. The van der Waals surface area contributed by atoms with Crippen LogP contribution in [-0.4, -0.2) is 0 Å². The molecule has 0 fully saturated rings. The molecule has 0 saturated heterocycles. The molecule has 0 aliphatic carbocycles. The van der Waals surface area contributed by atoms with Crippen molar-refractivity contribution in [2.75, 3.05) is 0 Å². The highest BCUT2D eigenvalue weighted by atomic mass is 14.0. The van der Waals surface area contributed by atoms with Crippen molar-refractivity contribution in [3.8, 4) is 0 Å². The van der Waals surface area contributed by atoms with Crippen LogP contribution in [0.4, 0.5) is 0 Å². The van der Waals surface area contributed by atoms with E-state index in [4.69, 9.17) is 0 Å². The van der Waals surface area contributed by atoms with E-state index in [9.17, 15) is 0 Å². The third kappa shape index (κ3) is 50.0. The van der Waals surface area contributed by atoms with Crippen LogP contribution < -0.4 is 0 Å². The standard InChI is InChI=1S/C8H16.3C2H6.C2H4/c1-4-7-8(5-2)6-3;4*1-2/h5,8H,2,4,6-7H2,1,3H3;3*1-2H3;1-2H2. The van der Waals surface area contributed by atoms with Gasteiger partial charge in [-0.3, -0.25) is 0 Å². The van der Waals surface area contributed by atoms with Gasteiger partial charge in [0.2, 0.25) is 0 Å². The maximum Gasteiger partial charge on any atom is -0.0239 e. The van der Waals surface area contributed by atoms with Crippen LogP contribution in [0, 0.1) is 5.92 Å². The second kappa shape index (κ2) is 62.7. The summed E-state index contributed by atoms with van der Waals surface area (Å²) in [5.74, 6) is 0.764. The lowest BCUT2D eigenvalue weighted by Crippen LogP contribution is -1.90. The molecule has 0 aliphatic rings. The number of allylic oxidation sites excluding steroid dienone is 1. The molecule has 0 aromatic rings. The molecule has 0 bridgehead atoms. The molecule has 0 nitrogen and oxygen atoms in total. The third-order valence-electron chi connectivity index (χ3n) is 1.52. The van der Waals surface area contributed by atoms with Crippen molar-refractivity contribution in [1.29, 1.82) is 0 Å². The first-order chi connectivity index (χ1) is 7.85. The van der Waals surface area contributed by atoms with Gasteiger partial charge in [0, 0.05) is 0 Å². The Bertz CT molecular complexity index is 64.4. The van der Waals surface area contributed by atoms with Crippen LogP contribution in [0.2, 0.25) is 0 Å². The van der Waals surface area contributed by atoms with Gasteiger partial charge in [0.05, 0.1) is 0 Å². The highest BCUT2D eigenvalue weighted by Gasteiger charge is 1.95. The Morgan fingerprint density at radius 2 is 1.19 bits per heavy atom. The van der Waals surface area contributed by atoms with Crippen molar-refractivity contribution in [2.45, 2.75) is 74.7 Å². The van der Waals surface area contributed by atoms with E-state index in [0.29, 0.717) is 0 Å². The van der Waals surface area contributed by atoms with E-state index in [1.807, 2.05) is 41.5 Å². The fourth-order valence-electron chi connectivity index (χ4n) is 0.859. The van der Waals surface area contributed by atoms with E-state index in [1.165, 1.54) is 19.3 Å². The minimum absolute atomic E-state index is 0.764. The molecule has 0 radical (unpaired) electrons. The average molecular weight is 230 g/mol. The largest absolute Gasteiger partial charge is 0.106 e. The van der Waals surface area contributed by atoms with Crippen molar-refractivity contribution in [1.82, 2.24) is 0 Å². The van der Waals surface area contributed by atoms with Crippen molar-refractivity contribution in [2.24, 2.45) is 5.92 Å². The average Bonchev–Trinajstić information content (AvgIpc) is 2.45. The van der Waals surface area contributed by atoms with E-state index in [-0.39, 0.29) is 0 Å². The van der Waals surface area contributed by atoms with Crippen LogP contribution in [0.5, 0.6) is 0 Å². The van der Waals surface area contributed by atoms with E-state index in [1.54, 1.807) is 0 Å². The Hall–Kier alpha value is -0.520. The molecule has 0 saturated carbocycles. The first-order valence-corrected chi connectivity index (χ1v) is 6.97. The predicted molar refractivity (Wildman–Crippen MR) is 84.2 cm³/mol. The Morgan fingerprint density at radius 3 is 1.25 bits per heavy atom. The van der Waals surface area contributed by atoms with Crippen LogP contribution in [0.3, 0.4) is 0 Å². The molecule has 0 aromatic heterocycles. The monoisotopic (exact) mass is 230 g/mol. The molecule has 0 rings (SSSR count). The SMILES string of the molecule is C=C.C=CC(CC)CCC.CC.CC.CC. The molecule has 0 amide bonds. The smallest absolute Gasteiger partial charge is 0.0239 e.